The van der Waals surface area contributed by atoms with E-state index in [0.29, 0.717) is 12.3 Å². The lowest BCUT2D eigenvalue weighted by Crippen LogP contribution is -2.30. The van der Waals surface area contributed by atoms with Gasteiger partial charge in [0.2, 0.25) is 5.78 Å². The van der Waals surface area contributed by atoms with Crippen molar-refractivity contribution in [2.24, 2.45) is 4.99 Å². The third-order valence-corrected chi connectivity index (χ3v) is 7.79. The highest BCUT2D eigenvalue weighted by molar-refractivity contribution is 6.76. The van der Waals surface area contributed by atoms with Crippen LogP contribution in [0, 0.1) is 0 Å². The molecule has 2 N–H and O–H groups in total. The number of ketones is 1. The fraction of sp³-hybridized carbons (Fsp3) is 0.222. The quantitative estimate of drug-likeness (QED) is 0.156. The van der Waals surface area contributed by atoms with E-state index in [1.807, 2.05) is 59.3 Å². The summed E-state index contributed by atoms with van der Waals surface area (Å²) in [4.78, 5) is 33.2. The maximum Gasteiger partial charge on any atom is 0.275 e. The third-order valence-electron chi connectivity index (χ3n) is 6.08. The van der Waals surface area contributed by atoms with Gasteiger partial charge < -0.3 is 19.6 Å². The number of H-pyrrole nitrogens is 1. The van der Waals surface area contributed by atoms with Crippen LogP contribution in [-0.2, 0) is 16.3 Å². The second kappa shape index (κ2) is 9.13. The summed E-state index contributed by atoms with van der Waals surface area (Å²) in [5.41, 5.74) is 3.41. The highest BCUT2D eigenvalue weighted by Crippen LogP contribution is 2.26. The van der Waals surface area contributed by atoms with Crippen LogP contribution >= 0.6 is 0 Å². The number of carbonyl (C=O) groups is 2. The van der Waals surface area contributed by atoms with Crippen LogP contribution in [0.1, 0.15) is 15.9 Å². The van der Waals surface area contributed by atoms with Crippen molar-refractivity contribution in [3.63, 3.8) is 0 Å². The Balaban J connectivity index is 1.42. The van der Waals surface area contributed by atoms with Crippen molar-refractivity contribution in [1.29, 1.82) is 0 Å². The van der Waals surface area contributed by atoms with E-state index in [-0.39, 0.29) is 17.3 Å². The van der Waals surface area contributed by atoms with Crippen molar-refractivity contribution in [2.45, 2.75) is 32.4 Å². The van der Waals surface area contributed by atoms with Crippen molar-refractivity contribution in [3.8, 4) is 0 Å². The molecule has 5 rings (SSSR count). The van der Waals surface area contributed by atoms with E-state index >= 15 is 0 Å². The fourth-order valence-corrected chi connectivity index (χ4v) is 4.91. The monoisotopic (exact) mass is 484 g/mol. The average molecular weight is 485 g/mol. The molecule has 1 aliphatic rings. The molecule has 0 spiro atoms. The summed E-state index contributed by atoms with van der Waals surface area (Å²) in [6.07, 6.45) is 5.35. The number of carbonyl (C=O) groups excluding carboxylic acids is 2. The Morgan fingerprint density at radius 1 is 1.09 bits per heavy atom. The highest BCUT2D eigenvalue weighted by atomic mass is 28.3. The molecule has 0 saturated heterocycles. The number of amides is 1. The van der Waals surface area contributed by atoms with Gasteiger partial charge in [0.15, 0.2) is 5.84 Å². The number of ether oxygens (including phenoxy) is 1. The number of aromatic nitrogens is 2. The second-order valence-corrected chi connectivity index (χ2v) is 15.6. The van der Waals surface area contributed by atoms with E-state index in [0.717, 1.165) is 40.0 Å². The molecule has 0 bridgehead atoms. The van der Waals surface area contributed by atoms with Crippen LogP contribution < -0.4 is 5.32 Å². The molecule has 1 amide bonds. The van der Waals surface area contributed by atoms with E-state index in [1.165, 1.54) is 0 Å². The first-order valence-electron chi connectivity index (χ1n) is 11.7. The van der Waals surface area contributed by atoms with E-state index in [1.54, 1.807) is 12.3 Å². The molecule has 0 fully saturated rings. The van der Waals surface area contributed by atoms with Crippen LogP contribution in [0.4, 0.5) is 0 Å². The summed E-state index contributed by atoms with van der Waals surface area (Å²) in [5.74, 6) is -0.682. The molecule has 0 radical (unpaired) electrons. The molecule has 2 aromatic carbocycles. The van der Waals surface area contributed by atoms with Gasteiger partial charge in [-0.2, -0.15) is 0 Å². The van der Waals surface area contributed by atoms with E-state index in [2.05, 4.69) is 34.9 Å². The summed E-state index contributed by atoms with van der Waals surface area (Å²) >= 11 is 0. The Morgan fingerprint density at radius 2 is 1.83 bits per heavy atom. The lowest BCUT2D eigenvalue weighted by atomic mass is 10.1. The van der Waals surface area contributed by atoms with Gasteiger partial charge in [-0.05, 0) is 24.3 Å². The number of aromatic amines is 1. The van der Waals surface area contributed by atoms with Crippen LogP contribution in [0.5, 0.6) is 0 Å². The zero-order valence-corrected chi connectivity index (χ0v) is 21.1. The van der Waals surface area contributed by atoms with Crippen molar-refractivity contribution in [3.05, 3.63) is 77.7 Å². The van der Waals surface area contributed by atoms with Crippen LogP contribution in [0.3, 0.4) is 0 Å². The molecule has 7 nitrogen and oxygen atoms in total. The summed E-state index contributed by atoms with van der Waals surface area (Å²) in [5, 5.41) is 4.43. The van der Waals surface area contributed by atoms with Crippen molar-refractivity contribution >= 4 is 53.5 Å². The number of aliphatic imine (C=N–C) groups is 1. The zero-order chi connectivity index (χ0) is 24.6. The average Bonchev–Trinajstić information content (AvgIpc) is 3.52. The van der Waals surface area contributed by atoms with Crippen molar-refractivity contribution in [2.75, 3.05) is 6.61 Å². The van der Waals surface area contributed by atoms with Gasteiger partial charge in [-0.1, -0.05) is 56.0 Å². The maximum absolute atomic E-state index is 13.1. The van der Waals surface area contributed by atoms with Gasteiger partial charge in [-0.25, -0.2) is 4.99 Å². The first-order valence-corrected chi connectivity index (χ1v) is 15.4. The number of hydrogen-bond donors (Lipinski definition) is 2. The second-order valence-electron chi connectivity index (χ2n) is 9.94. The number of benzene rings is 2. The number of fused-ring (bicyclic) bond motifs is 2. The lowest BCUT2D eigenvalue weighted by molar-refractivity contribution is -0.115. The Labute approximate surface area is 204 Å². The minimum absolute atomic E-state index is 0.0319. The van der Waals surface area contributed by atoms with Crippen molar-refractivity contribution in [1.82, 2.24) is 14.9 Å². The molecule has 8 heteroatoms. The zero-order valence-electron chi connectivity index (χ0n) is 20.1. The van der Waals surface area contributed by atoms with E-state index in [4.69, 9.17) is 4.74 Å². The molecule has 4 aromatic rings. The van der Waals surface area contributed by atoms with Crippen LogP contribution in [0.15, 0.2) is 71.6 Å². The standard InChI is InChI=1S/C27H28N4O3Si/c1-35(2,3)13-12-34-17-31-16-18(19-8-5-7-11-24(19)31)14-23-27(33)30-26(29-23)25(32)21-15-28-22-10-6-4-9-20(21)22/h4-11,14-16,28H,12-13,17H2,1-3H3,(H,29,30,33)/b23-14-. The number of para-hydroxylation sites is 2. The minimum atomic E-state index is -1.16. The Morgan fingerprint density at radius 3 is 2.63 bits per heavy atom. The molecule has 0 atom stereocenters. The van der Waals surface area contributed by atoms with Crippen LogP contribution in [0.2, 0.25) is 25.7 Å². The number of hydrogen-bond acceptors (Lipinski definition) is 4. The first-order chi connectivity index (χ1) is 16.8. The van der Waals surface area contributed by atoms with Gasteiger partial charge in [0.25, 0.3) is 5.91 Å². The molecule has 0 unspecified atom stereocenters. The maximum atomic E-state index is 13.1. The van der Waals surface area contributed by atoms with Crippen LogP contribution in [0.25, 0.3) is 27.9 Å². The molecule has 178 valence electrons. The molecule has 3 heterocycles. The van der Waals surface area contributed by atoms with Crippen molar-refractivity contribution < 1.29 is 14.3 Å². The van der Waals surface area contributed by atoms with Crippen LogP contribution in [-0.4, -0.2) is 41.8 Å². The molecule has 0 aliphatic carbocycles. The number of rotatable bonds is 8. The van der Waals surface area contributed by atoms with Gasteiger partial charge in [0.1, 0.15) is 12.4 Å². The highest BCUT2D eigenvalue weighted by Gasteiger charge is 2.27. The summed E-state index contributed by atoms with van der Waals surface area (Å²) in [7, 11) is -1.16. The molecule has 1 aliphatic heterocycles. The first kappa shape index (κ1) is 23.0. The Bertz CT molecular complexity index is 1500. The van der Waals surface area contributed by atoms with E-state index in [9.17, 15) is 9.59 Å². The molecule has 0 saturated carbocycles. The Kier molecular flexibility index (Phi) is 6.00. The SMILES string of the molecule is C[Si](C)(C)CCOCn1cc(/C=C2\N=C(C(=O)c3c[nH]c4ccccc34)NC2=O)c2ccccc21. The predicted molar refractivity (Wildman–Crippen MR) is 142 cm³/mol. The van der Waals surface area contributed by atoms with E-state index < -0.39 is 14.0 Å². The smallest absolute Gasteiger partial charge is 0.275 e. The summed E-state index contributed by atoms with van der Waals surface area (Å²) < 4.78 is 8.00. The topological polar surface area (TPSA) is 88.5 Å². The normalized spacial score (nSPS) is 15.2. The molecule has 2 aromatic heterocycles. The number of nitrogens with zero attached hydrogens (tertiary/aromatic N) is 2. The minimum Gasteiger partial charge on any atom is -0.361 e. The largest absolute Gasteiger partial charge is 0.361 e. The van der Waals surface area contributed by atoms with Gasteiger partial charge in [-0.15, -0.1) is 0 Å². The van der Waals surface area contributed by atoms with Gasteiger partial charge in [-0.3, -0.25) is 9.59 Å². The van der Waals surface area contributed by atoms with Gasteiger partial charge in [0, 0.05) is 48.9 Å². The lowest BCUT2D eigenvalue weighted by Gasteiger charge is -2.15. The number of amidine groups is 1. The summed E-state index contributed by atoms with van der Waals surface area (Å²) in [6, 6.07) is 16.6. The van der Waals surface area contributed by atoms with Gasteiger partial charge in [0.05, 0.1) is 11.1 Å². The number of nitrogens with one attached hydrogen (secondary N) is 2. The number of Topliss-reactive ketones (excluding diaryl/α,β-unsaturated/α-hetero) is 1. The molecular formula is C27H28N4O3Si. The fourth-order valence-electron chi connectivity index (χ4n) is 4.15. The Hall–Kier alpha value is -3.75. The molecule has 35 heavy (non-hydrogen) atoms. The third kappa shape index (κ3) is 4.75. The predicted octanol–water partition coefficient (Wildman–Crippen LogP) is 5.19. The van der Waals surface area contributed by atoms with Gasteiger partial charge >= 0.3 is 0 Å². The molecular weight excluding hydrogens is 456 g/mol. The summed E-state index contributed by atoms with van der Waals surface area (Å²) in [6.45, 7) is 8.15.